The van der Waals surface area contributed by atoms with Gasteiger partial charge in [0.05, 0.1) is 19.1 Å². The van der Waals surface area contributed by atoms with Crippen LogP contribution >= 0.6 is 0 Å². The van der Waals surface area contributed by atoms with E-state index in [4.69, 9.17) is 9.47 Å². The number of carbonyl (C=O) groups excluding carboxylic acids is 4. The summed E-state index contributed by atoms with van der Waals surface area (Å²) in [5.41, 5.74) is 1.43. The molecule has 0 radical (unpaired) electrons. The van der Waals surface area contributed by atoms with E-state index in [2.05, 4.69) is 10.2 Å². The highest BCUT2D eigenvalue weighted by atomic mass is 16.5. The highest BCUT2D eigenvalue weighted by Crippen LogP contribution is 2.35. The molecule has 1 unspecified atom stereocenters. The number of rotatable bonds is 5. The monoisotopic (exact) mass is 510 g/mol. The Bertz CT molecular complexity index is 1100. The maximum Gasteiger partial charge on any atom is 0.255 e. The molecule has 1 aromatic rings. The SMILES string of the molecule is O=C1CCC(N2Cc3cc(O[C@@H]4CCCC[C@H]4N4CC(C(=O)N5CCOCC5)C4)ccc3C2=O)C(=O)N1. The predicted molar refractivity (Wildman–Crippen MR) is 132 cm³/mol. The van der Waals surface area contributed by atoms with Crippen LogP contribution in [0.4, 0.5) is 0 Å². The minimum absolute atomic E-state index is 0.0366. The zero-order valence-corrected chi connectivity index (χ0v) is 21.0. The highest BCUT2D eigenvalue weighted by Gasteiger charge is 2.43. The second kappa shape index (κ2) is 10.1. The van der Waals surface area contributed by atoms with Gasteiger partial charge in [-0.3, -0.25) is 29.4 Å². The third kappa shape index (κ3) is 4.72. The van der Waals surface area contributed by atoms with E-state index in [0.29, 0.717) is 44.8 Å². The summed E-state index contributed by atoms with van der Waals surface area (Å²) in [6.45, 7) is 4.51. The van der Waals surface area contributed by atoms with E-state index in [1.54, 1.807) is 11.0 Å². The number of ether oxygens (including phenoxy) is 2. The number of nitrogens with zero attached hydrogens (tertiary/aromatic N) is 3. The molecule has 37 heavy (non-hydrogen) atoms. The first-order valence-electron chi connectivity index (χ1n) is 13.5. The molecule has 10 heteroatoms. The quantitative estimate of drug-likeness (QED) is 0.587. The number of morpholine rings is 1. The summed E-state index contributed by atoms with van der Waals surface area (Å²) in [6, 6.07) is 5.21. The Morgan fingerprint density at radius 2 is 1.81 bits per heavy atom. The summed E-state index contributed by atoms with van der Waals surface area (Å²) in [7, 11) is 0. The average molecular weight is 511 g/mol. The zero-order valence-electron chi connectivity index (χ0n) is 21.0. The summed E-state index contributed by atoms with van der Waals surface area (Å²) in [5.74, 6) is 0.167. The lowest BCUT2D eigenvalue weighted by Gasteiger charge is -2.48. The normalized spacial score (nSPS) is 29.1. The van der Waals surface area contributed by atoms with Crippen molar-refractivity contribution in [2.45, 2.75) is 63.3 Å². The standard InChI is InChI=1S/C27H34N4O6/c32-24-8-7-22(25(33)28-24)31-16-17-13-19(5-6-20(17)27(31)35)37-23-4-2-1-3-21(23)30-14-18(15-30)26(34)29-9-11-36-12-10-29/h5-6,13,18,21-23H,1-4,7-12,14-16H2,(H,28,32,33)/t21-,22?,23-/m1/s1. The fraction of sp³-hybridized carbons (Fsp3) is 0.630. The van der Waals surface area contributed by atoms with Crippen molar-refractivity contribution >= 4 is 23.6 Å². The lowest BCUT2D eigenvalue weighted by atomic mass is 9.86. The minimum atomic E-state index is -0.621. The summed E-state index contributed by atoms with van der Waals surface area (Å²) < 4.78 is 11.9. The third-order valence-electron chi connectivity index (χ3n) is 8.50. The van der Waals surface area contributed by atoms with Gasteiger partial charge in [0, 0.05) is 50.7 Å². The van der Waals surface area contributed by atoms with Gasteiger partial charge in [-0.25, -0.2) is 0 Å². The molecular weight excluding hydrogens is 476 g/mol. The van der Waals surface area contributed by atoms with Crippen LogP contribution in [-0.2, 0) is 25.7 Å². The van der Waals surface area contributed by atoms with Gasteiger partial charge >= 0.3 is 0 Å². The number of hydrogen-bond acceptors (Lipinski definition) is 7. The predicted octanol–water partition coefficient (Wildman–Crippen LogP) is 0.928. The molecule has 4 amide bonds. The van der Waals surface area contributed by atoms with Crippen LogP contribution in [-0.4, -0.2) is 95.9 Å². The van der Waals surface area contributed by atoms with Crippen LogP contribution < -0.4 is 10.1 Å². The molecular formula is C27H34N4O6. The van der Waals surface area contributed by atoms with Crippen molar-refractivity contribution in [3.8, 4) is 5.75 Å². The molecule has 1 aliphatic carbocycles. The lowest BCUT2D eigenvalue weighted by molar-refractivity contribution is -0.148. The van der Waals surface area contributed by atoms with Crippen molar-refractivity contribution in [1.82, 2.24) is 20.0 Å². The topological polar surface area (TPSA) is 108 Å². The van der Waals surface area contributed by atoms with Crippen molar-refractivity contribution < 1.29 is 28.7 Å². The Morgan fingerprint density at radius 1 is 1.03 bits per heavy atom. The third-order valence-corrected chi connectivity index (χ3v) is 8.50. The summed E-state index contributed by atoms with van der Waals surface area (Å²) in [6.07, 6.45) is 4.90. The number of amides is 4. The van der Waals surface area contributed by atoms with Crippen LogP contribution in [0.5, 0.6) is 5.75 Å². The molecule has 1 aromatic carbocycles. The molecule has 4 aliphatic heterocycles. The fourth-order valence-corrected chi connectivity index (χ4v) is 6.41. The number of nitrogens with one attached hydrogen (secondary N) is 1. The van der Waals surface area contributed by atoms with Gasteiger partial charge in [-0.2, -0.15) is 0 Å². The number of piperidine rings is 1. The van der Waals surface area contributed by atoms with E-state index in [-0.39, 0.29) is 42.2 Å². The molecule has 10 nitrogen and oxygen atoms in total. The van der Waals surface area contributed by atoms with E-state index in [9.17, 15) is 19.2 Å². The highest BCUT2D eigenvalue weighted by molar-refractivity contribution is 6.05. The van der Waals surface area contributed by atoms with E-state index < -0.39 is 11.9 Å². The second-order valence-corrected chi connectivity index (χ2v) is 10.8. The van der Waals surface area contributed by atoms with Crippen LogP contribution in [0.3, 0.4) is 0 Å². The van der Waals surface area contributed by atoms with Gasteiger partial charge in [0.2, 0.25) is 17.7 Å². The molecule has 1 N–H and O–H groups in total. The van der Waals surface area contributed by atoms with Crippen LogP contribution in [0.25, 0.3) is 0 Å². The number of imide groups is 1. The molecule has 4 heterocycles. The van der Waals surface area contributed by atoms with E-state index in [1.807, 2.05) is 17.0 Å². The number of benzene rings is 1. The first kappa shape index (κ1) is 24.4. The van der Waals surface area contributed by atoms with Crippen LogP contribution in [0.15, 0.2) is 18.2 Å². The Balaban J connectivity index is 1.08. The molecule has 5 aliphatic rings. The molecule has 3 saturated heterocycles. The molecule has 3 atom stereocenters. The first-order valence-corrected chi connectivity index (χ1v) is 13.5. The van der Waals surface area contributed by atoms with Gasteiger partial charge in [0.15, 0.2) is 0 Å². The Morgan fingerprint density at radius 3 is 2.59 bits per heavy atom. The molecule has 0 spiro atoms. The Labute approximate surface area is 216 Å². The summed E-state index contributed by atoms with van der Waals surface area (Å²) in [4.78, 5) is 55.5. The number of likely N-dealkylation sites (tertiary alicyclic amines) is 1. The average Bonchev–Trinajstić information content (AvgIpc) is 3.20. The molecule has 1 saturated carbocycles. The Kier molecular flexibility index (Phi) is 6.62. The largest absolute Gasteiger partial charge is 0.489 e. The van der Waals surface area contributed by atoms with Crippen LogP contribution in [0.2, 0.25) is 0 Å². The van der Waals surface area contributed by atoms with Crippen molar-refractivity contribution in [2.75, 3.05) is 39.4 Å². The molecule has 198 valence electrons. The van der Waals surface area contributed by atoms with Gasteiger partial charge in [-0.15, -0.1) is 0 Å². The maximum absolute atomic E-state index is 13.0. The molecule has 4 fully saturated rings. The second-order valence-electron chi connectivity index (χ2n) is 10.8. The van der Waals surface area contributed by atoms with Crippen molar-refractivity contribution in [3.05, 3.63) is 29.3 Å². The van der Waals surface area contributed by atoms with Gasteiger partial charge in [-0.1, -0.05) is 6.42 Å². The molecule has 6 rings (SSSR count). The summed E-state index contributed by atoms with van der Waals surface area (Å²) in [5, 5.41) is 2.34. The van der Waals surface area contributed by atoms with Crippen LogP contribution in [0.1, 0.15) is 54.4 Å². The van der Waals surface area contributed by atoms with E-state index in [1.165, 1.54) is 0 Å². The fourth-order valence-electron chi connectivity index (χ4n) is 6.41. The van der Waals surface area contributed by atoms with E-state index >= 15 is 0 Å². The smallest absolute Gasteiger partial charge is 0.255 e. The minimum Gasteiger partial charge on any atom is -0.489 e. The van der Waals surface area contributed by atoms with Gasteiger partial charge < -0.3 is 19.3 Å². The van der Waals surface area contributed by atoms with Gasteiger partial charge in [0.25, 0.3) is 5.91 Å². The van der Waals surface area contributed by atoms with Crippen molar-refractivity contribution in [2.24, 2.45) is 5.92 Å². The number of carbonyl (C=O) groups is 4. The first-order chi connectivity index (χ1) is 18.0. The molecule has 0 bridgehead atoms. The van der Waals surface area contributed by atoms with Gasteiger partial charge in [-0.05, 0) is 49.4 Å². The number of hydrogen-bond donors (Lipinski definition) is 1. The maximum atomic E-state index is 13.0. The summed E-state index contributed by atoms with van der Waals surface area (Å²) >= 11 is 0. The van der Waals surface area contributed by atoms with Crippen LogP contribution in [0, 0.1) is 5.92 Å². The lowest BCUT2D eigenvalue weighted by Crippen LogP contribution is -2.62. The van der Waals surface area contributed by atoms with Crippen molar-refractivity contribution in [3.63, 3.8) is 0 Å². The van der Waals surface area contributed by atoms with E-state index in [0.717, 1.165) is 50.1 Å². The zero-order chi connectivity index (χ0) is 25.5. The van der Waals surface area contributed by atoms with Gasteiger partial charge in [0.1, 0.15) is 17.9 Å². The number of fused-ring (bicyclic) bond motifs is 1. The van der Waals surface area contributed by atoms with Crippen molar-refractivity contribution in [1.29, 1.82) is 0 Å². The Hall–Kier alpha value is -2.98. The molecule has 0 aromatic heterocycles.